The molecule has 0 atom stereocenters. The fraction of sp³-hybridized carbons (Fsp3) is 0.579. The first-order valence-electron chi connectivity index (χ1n) is 9.24. The Hall–Kier alpha value is -2.08. The molecule has 0 spiro atoms. The Morgan fingerprint density at radius 3 is 2.52 bits per heavy atom. The second kappa shape index (κ2) is 8.34. The average Bonchev–Trinajstić information content (AvgIpc) is 3.08. The van der Waals surface area contributed by atoms with E-state index in [1.165, 1.54) is 11.3 Å². The van der Waals surface area contributed by atoms with E-state index < -0.39 is 0 Å². The topological polar surface area (TPSA) is 64.7 Å². The highest BCUT2D eigenvalue weighted by Crippen LogP contribution is 2.18. The van der Waals surface area contributed by atoms with Crippen LogP contribution in [0.4, 0.5) is 10.5 Å². The van der Waals surface area contributed by atoms with Crippen molar-refractivity contribution in [2.24, 2.45) is 0 Å². The number of hydrogen-bond acceptors (Lipinski definition) is 4. The van der Waals surface area contributed by atoms with E-state index in [1.807, 2.05) is 0 Å². The third-order valence-corrected chi connectivity index (χ3v) is 5.05. The first-order chi connectivity index (χ1) is 12.1. The van der Waals surface area contributed by atoms with E-state index in [-0.39, 0.29) is 24.5 Å². The van der Waals surface area contributed by atoms with Crippen LogP contribution >= 0.6 is 0 Å². The van der Waals surface area contributed by atoms with Gasteiger partial charge in [0.25, 0.3) is 0 Å². The van der Waals surface area contributed by atoms with Crippen molar-refractivity contribution in [3.63, 3.8) is 0 Å². The van der Waals surface area contributed by atoms with Gasteiger partial charge in [0.1, 0.15) is 0 Å². The predicted octanol–water partition coefficient (Wildman–Crippen LogP) is 1.89. The van der Waals surface area contributed by atoms with Crippen LogP contribution in [-0.2, 0) is 4.79 Å². The van der Waals surface area contributed by atoms with Gasteiger partial charge in [-0.05, 0) is 37.5 Å². The smallest absolute Gasteiger partial charge is 0.321 e. The van der Waals surface area contributed by atoms with Gasteiger partial charge >= 0.3 is 6.03 Å². The number of benzene rings is 1. The minimum absolute atomic E-state index is 0.223. The number of anilines is 1. The van der Waals surface area contributed by atoms with Gasteiger partial charge in [-0.25, -0.2) is 4.79 Å². The summed E-state index contributed by atoms with van der Waals surface area (Å²) in [4.78, 5) is 28.4. The minimum Gasteiger partial charge on any atom is -0.369 e. The summed E-state index contributed by atoms with van der Waals surface area (Å²) in [5.41, 5.74) is 2.49. The fourth-order valence-electron chi connectivity index (χ4n) is 3.65. The van der Waals surface area contributed by atoms with E-state index in [0.29, 0.717) is 0 Å². The summed E-state index contributed by atoms with van der Waals surface area (Å²) in [5, 5.41) is 5.34. The zero-order chi connectivity index (χ0) is 17.6. The Morgan fingerprint density at radius 1 is 1.12 bits per heavy atom. The molecule has 1 heterocycles. The molecule has 6 nitrogen and oxygen atoms in total. The Balaban J connectivity index is 1.39. The lowest BCUT2D eigenvalue weighted by Crippen LogP contribution is -2.51. The summed E-state index contributed by atoms with van der Waals surface area (Å²) < 4.78 is 0. The molecule has 2 N–H and O–H groups in total. The van der Waals surface area contributed by atoms with Gasteiger partial charge in [0, 0.05) is 37.9 Å². The lowest BCUT2D eigenvalue weighted by Gasteiger charge is -2.35. The van der Waals surface area contributed by atoms with Crippen molar-refractivity contribution in [3.8, 4) is 0 Å². The van der Waals surface area contributed by atoms with Crippen molar-refractivity contribution in [2.45, 2.75) is 38.6 Å². The van der Waals surface area contributed by atoms with Gasteiger partial charge in [-0.2, -0.15) is 0 Å². The van der Waals surface area contributed by atoms with Gasteiger partial charge < -0.3 is 10.2 Å². The molecule has 25 heavy (non-hydrogen) atoms. The number of rotatable bonds is 4. The molecule has 1 aliphatic carbocycles. The Kier molecular flexibility index (Phi) is 5.91. The zero-order valence-corrected chi connectivity index (χ0v) is 15.0. The largest absolute Gasteiger partial charge is 0.369 e. The normalized spacial score (nSPS) is 19.0. The second-order valence-electron chi connectivity index (χ2n) is 7.11. The molecule has 1 aliphatic heterocycles. The van der Waals surface area contributed by atoms with Crippen molar-refractivity contribution in [1.29, 1.82) is 0 Å². The van der Waals surface area contributed by atoms with Gasteiger partial charge in [-0.15, -0.1) is 0 Å². The monoisotopic (exact) mass is 344 g/mol. The zero-order valence-electron chi connectivity index (χ0n) is 15.0. The molecule has 3 rings (SSSR count). The van der Waals surface area contributed by atoms with Gasteiger partial charge in [0.2, 0.25) is 5.91 Å². The number of amides is 3. The van der Waals surface area contributed by atoms with Crippen LogP contribution < -0.4 is 15.5 Å². The summed E-state index contributed by atoms with van der Waals surface area (Å²) >= 11 is 0. The molecule has 1 aromatic rings. The first kappa shape index (κ1) is 17.7. The summed E-state index contributed by atoms with van der Waals surface area (Å²) in [6.07, 6.45) is 4.35. The van der Waals surface area contributed by atoms with E-state index >= 15 is 0 Å². The van der Waals surface area contributed by atoms with Crippen LogP contribution in [-0.4, -0.2) is 55.6 Å². The molecule has 2 aliphatic rings. The molecule has 2 fully saturated rings. The molecule has 1 saturated heterocycles. The number of piperazine rings is 1. The summed E-state index contributed by atoms with van der Waals surface area (Å²) in [6, 6.07) is 8.37. The molecule has 6 heteroatoms. The highest BCUT2D eigenvalue weighted by Gasteiger charge is 2.21. The summed E-state index contributed by atoms with van der Waals surface area (Å²) in [5.74, 6) is -0.223. The molecular weight excluding hydrogens is 316 g/mol. The van der Waals surface area contributed by atoms with E-state index in [1.54, 1.807) is 0 Å². The Labute approximate surface area is 149 Å². The molecule has 0 unspecified atom stereocenters. The number of nitrogens with zero attached hydrogens (tertiary/aromatic N) is 2. The number of carbonyl (C=O) groups is 2. The highest BCUT2D eigenvalue weighted by molar-refractivity contribution is 5.95. The van der Waals surface area contributed by atoms with E-state index in [0.717, 1.165) is 51.9 Å². The molecule has 1 saturated carbocycles. The molecule has 0 radical (unpaired) electrons. The SMILES string of the molecule is Cc1cccc(N2CCN(CC(=O)NC(=O)NC3CCCC3)CC2)c1. The van der Waals surface area contributed by atoms with Crippen LogP contribution in [0.1, 0.15) is 31.2 Å². The summed E-state index contributed by atoms with van der Waals surface area (Å²) in [7, 11) is 0. The van der Waals surface area contributed by atoms with E-state index in [2.05, 4.69) is 51.6 Å². The second-order valence-corrected chi connectivity index (χ2v) is 7.11. The maximum atomic E-state index is 12.1. The standard InChI is InChI=1S/C19H28N4O2/c1-15-5-4-8-17(13-15)23-11-9-22(10-12-23)14-18(24)21-19(25)20-16-6-2-3-7-16/h4-5,8,13,16H,2-3,6-7,9-12,14H2,1H3,(H2,20,21,24,25). The highest BCUT2D eigenvalue weighted by atomic mass is 16.2. The maximum absolute atomic E-state index is 12.1. The lowest BCUT2D eigenvalue weighted by molar-refractivity contribution is -0.121. The van der Waals surface area contributed by atoms with Crippen LogP contribution in [0.25, 0.3) is 0 Å². The first-order valence-corrected chi connectivity index (χ1v) is 9.24. The molecule has 0 bridgehead atoms. The maximum Gasteiger partial charge on any atom is 0.321 e. The number of urea groups is 1. The van der Waals surface area contributed by atoms with Crippen LogP contribution in [0, 0.1) is 6.92 Å². The summed E-state index contributed by atoms with van der Waals surface area (Å²) in [6.45, 7) is 5.81. The number of nitrogens with one attached hydrogen (secondary N) is 2. The predicted molar refractivity (Wildman–Crippen MR) is 98.8 cm³/mol. The van der Waals surface area contributed by atoms with Gasteiger partial charge in [0.15, 0.2) is 0 Å². The number of aryl methyl sites for hydroxylation is 1. The Bertz CT molecular complexity index is 605. The molecule has 3 amide bonds. The lowest BCUT2D eigenvalue weighted by atomic mass is 10.2. The molecular formula is C19H28N4O2. The third kappa shape index (κ3) is 5.19. The van der Waals surface area contributed by atoms with Crippen molar-refractivity contribution >= 4 is 17.6 Å². The van der Waals surface area contributed by atoms with Crippen molar-refractivity contribution in [1.82, 2.24) is 15.5 Å². The van der Waals surface area contributed by atoms with E-state index in [4.69, 9.17) is 0 Å². The van der Waals surface area contributed by atoms with Gasteiger partial charge in [-0.3, -0.25) is 15.0 Å². The van der Waals surface area contributed by atoms with Crippen molar-refractivity contribution in [3.05, 3.63) is 29.8 Å². The average molecular weight is 344 g/mol. The van der Waals surface area contributed by atoms with Crippen LogP contribution in [0.5, 0.6) is 0 Å². The fourth-order valence-corrected chi connectivity index (χ4v) is 3.65. The molecule has 0 aromatic heterocycles. The van der Waals surface area contributed by atoms with Crippen molar-refractivity contribution in [2.75, 3.05) is 37.6 Å². The van der Waals surface area contributed by atoms with Gasteiger partial charge in [0.05, 0.1) is 6.54 Å². The Morgan fingerprint density at radius 2 is 1.84 bits per heavy atom. The third-order valence-electron chi connectivity index (χ3n) is 5.05. The van der Waals surface area contributed by atoms with Crippen LogP contribution in [0.15, 0.2) is 24.3 Å². The minimum atomic E-state index is -0.352. The quantitative estimate of drug-likeness (QED) is 0.875. The number of imide groups is 1. The number of hydrogen-bond donors (Lipinski definition) is 2. The molecule has 1 aromatic carbocycles. The van der Waals surface area contributed by atoms with Crippen LogP contribution in [0.3, 0.4) is 0 Å². The number of carbonyl (C=O) groups excluding carboxylic acids is 2. The van der Waals surface area contributed by atoms with Crippen molar-refractivity contribution < 1.29 is 9.59 Å². The van der Waals surface area contributed by atoms with Gasteiger partial charge in [-0.1, -0.05) is 25.0 Å². The van der Waals surface area contributed by atoms with Crippen LogP contribution in [0.2, 0.25) is 0 Å². The molecule has 136 valence electrons. The van der Waals surface area contributed by atoms with E-state index in [9.17, 15) is 9.59 Å².